The van der Waals surface area contributed by atoms with Crippen molar-refractivity contribution in [3.63, 3.8) is 0 Å². The minimum Gasteiger partial charge on any atom is -0.387 e. The molecule has 0 aliphatic carbocycles. The van der Waals surface area contributed by atoms with E-state index >= 15 is 0 Å². The molecule has 1 aliphatic heterocycles. The van der Waals surface area contributed by atoms with Gasteiger partial charge in [-0.2, -0.15) is 0 Å². The van der Waals surface area contributed by atoms with Crippen LogP contribution in [0.5, 0.6) is 0 Å². The maximum absolute atomic E-state index is 9.84. The van der Waals surface area contributed by atoms with Crippen LogP contribution < -0.4 is 0 Å². The molecule has 1 N–H and O–H groups in total. The van der Waals surface area contributed by atoms with Gasteiger partial charge < -0.3 is 9.67 Å². The number of halogens is 1. The summed E-state index contributed by atoms with van der Waals surface area (Å²) < 4.78 is 2.86. The molecule has 0 saturated carbocycles. The molecule has 3 heterocycles. The van der Waals surface area contributed by atoms with E-state index in [1.165, 1.54) is 11.3 Å². The van der Waals surface area contributed by atoms with Gasteiger partial charge in [0.2, 0.25) is 0 Å². The molecule has 2 aromatic rings. The van der Waals surface area contributed by atoms with Crippen molar-refractivity contribution in [3.05, 3.63) is 28.4 Å². The quantitative estimate of drug-likeness (QED) is 0.849. The fraction of sp³-hybridized carbons (Fsp3) is 0.364. The number of nitrogens with zero attached hydrogens (tertiary/aromatic N) is 2. The molecule has 1 aliphatic rings. The molecule has 0 fully saturated rings. The molecular weight excluding hydrogens is 244 g/mol. The second kappa shape index (κ2) is 3.87. The first-order chi connectivity index (χ1) is 7.75. The zero-order valence-electron chi connectivity index (χ0n) is 8.56. The molecule has 1 atom stereocenters. The Hall–Kier alpha value is -0.840. The van der Waals surface area contributed by atoms with Crippen LogP contribution in [0.1, 0.15) is 24.6 Å². The molecule has 16 heavy (non-hydrogen) atoms. The zero-order valence-corrected chi connectivity index (χ0v) is 10.1. The molecule has 0 saturated heterocycles. The first kappa shape index (κ1) is 10.3. The second-order valence-electron chi connectivity index (χ2n) is 3.92. The molecule has 2 aromatic heterocycles. The Balaban J connectivity index is 2.09. The summed E-state index contributed by atoms with van der Waals surface area (Å²) in [6.07, 6.45) is 3.23. The number of aromatic nitrogens is 2. The normalized spacial score (nSPS) is 19.8. The van der Waals surface area contributed by atoms with E-state index in [4.69, 9.17) is 11.6 Å². The first-order valence-electron chi connectivity index (χ1n) is 5.25. The lowest BCUT2D eigenvalue weighted by atomic mass is 10.1. The molecule has 3 nitrogen and oxygen atoms in total. The highest BCUT2D eigenvalue weighted by atomic mass is 35.5. The number of aliphatic hydroxyl groups excluding tert-OH is 1. The van der Waals surface area contributed by atoms with E-state index in [9.17, 15) is 5.11 Å². The third-order valence-electron chi connectivity index (χ3n) is 2.88. The summed E-state index contributed by atoms with van der Waals surface area (Å²) in [7, 11) is 0. The predicted molar refractivity (Wildman–Crippen MR) is 64.7 cm³/mol. The number of hydrogen-bond donors (Lipinski definition) is 1. The molecule has 3 rings (SSSR count). The van der Waals surface area contributed by atoms with Gasteiger partial charge in [-0.1, -0.05) is 11.6 Å². The average Bonchev–Trinajstić information content (AvgIpc) is 2.84. The van der Waals surface area contributed by atoms with Gasteiger partial charge in [0.15, 0.2) is 0 Å². The fourth-order valence-electron chi connectivity index (χ4n) is 2.11. The Morgan fingerprint density at radius 1 is 1.50 bits per heavy atom. The minimum atomic E-state index is -0.370. The van der Waals surface area contributed by atoms with Crippen molar-refractivity contribution >= 4 is 22.9 Å². The average molecular weight is 255 g/mol. The van der Waals surface area contributed by atoms with Crippen molar-refractivity contribution < 1.29 is 5.11 Å². The lowest BCUT2D eigenvalue weighted by Gasteiger charge is -2.20. The van der Waals surface area contributed by atoms with E-state index in [-0.39, 0.29) is 6.10 Å². The molecular formula is C11H11ClN2OS. The van der Waals surface area contributed by atoms with E-state index in [2.05, 4.69) is 9.55 Å². The van der Waals surface area contributed by atoms with E-state index < -0.39 is 0 Å². The van der Waals surface area contributed by atoms with Crippen molar-refractivity contribution in [3.8, 4) is 10.7 Å². The molecule has 0 spiro atoms. The van der Waals surface area contributed by atoms with Crippen LogP contribution in [0.15, 0.2) is 18.3 Å². The maximum atomic E-state index is 9.84. The summed E-state index contributed by atoms with van der Waals surface area (Å²) >= 11 is 7.44. The number of imidazole rings is 1. The van der Waals surface area contributed by atoms with Crippen molar-refractivity contribution in [2.24, 2.45) is 0 Å². The topological polar surface area (TPSA) is 38.0 Å². The molecule has 1 unspecified atom stereocenters. The van der Waals surface area contributed by atoms with Gasteiger partial charge in [0.05, 0.1) is 27.2 Å². The van der Waals surface area contributed by atoms with Crippen LogP contribution in [0, 0.1) is 0 Å². The maximum Gasteiger partial charge on any atom is 0.150 e. The van der Waals surface area contributed by atoms with Gasteiger partial charge in [-0.25, -0.2) is 4.98 Å². The molecule has 0 amide bonds. The second-order valence-corrected chi connectivity index (χ2v) is 5.64. The molecule has 84 valence electrons. The summed E-state index contributed by atoms with van der Waals surface area (Å²) in [5.41, 5.74) is 0.922. The highest BCUT2D eigenvalue weighted by Crippen LogP contribution is 2.34. The Morgan fingerprint density at radius 3 is 3.12 bits per heavy atom. The van der Waals surface area contributed by atoms with E-state index in [1.807, 2.05) is 12.1 Å². The largest absolute Gasteiger partial charge is 0.387 e. The van der Waals surface area contributed by atoms with Crippen LogP contribution >= 0.6 is 22.9 Å². The van der Waals surface area contributed by atoms with E-state index in [0.29, 0.717) is 0 Å². The summed E-state index contributed by atoms with van der Waals surface area (Å²) in [5, 5.41) is 9.84. The highest BCUT2D eigenvalue weighted by molar-refractivity contribution is 7.19. The van der Waals surface area contributed by atoms with Crippen LogP contribution in [0.4, 0.5) is 0 Å². The highest BCUT2D eigenvalue weighted by Gasteiger charge is 2.22. The Labute approximate surface area is 102 Å². The third-order valence-corrected chi connectivity index (χ3v) is 4.11. The van der Waals surface area contributed by atoms with Crippen LogP contribution in [0.3, 0.4) is 0 Å². The van der Waals surface area contributed by atoms with Crippen LogP contribution in [-0.2, 0) is 6.54 Å². The number of rotatable bonds is 1. The van der Waals surface area contributed by atoms with Crippen molar-refractivity contribution in [1.29, 1.82) is 0 Å². The number of thiophene rings is 1. The first-order valence-corrected chi connectivity index (χ1v) is 6.44. The smallest absolute Gasteiger partial charge is 0.150 e. The lowest BCUT2D eigenvalue weighted by Crippen LogP contribution is -2.15. The number of fused-ring (bicyclic) bond motifs is 1. The molecule has 0 bridgehead atoms. The van der Waals surface area contributed by atoms with Crippen LogP contribution in [0.2, 0.25) is 4.34 Å². The SMILES string of the molecule is OC1CCCn2c1cnc2-c1ccc(Cl)s1. The van der Waals surface area contributed by atoms with Crippen LogP contribution in [0.25, 0.3) is 10.7 Å². The van der Waals surface area contributed by atoms with Gasteiger partial charge in [0.25, 0.3) is 0 Å². The van der Waals surface area contributed by atoms with Gasteiger partial charge in [-0.3, -0.25) is 0 Å². The number of hydrogen-bond acceptors (Lipinski definition) is 3. The third kappa shape index (κ3) is 1.57. The van der Waals surface area contributed by atoms with Crippen molar-refractivity contribution in [2.75, 3.05) is 0 Å². The summed E-state index contributed by atoms with van der Waals surface area (Å²) in [6, 6.07) is 3.85. The van der Waals surface area contributed by atoms with Crippen LogP contribution in [-0.4, -0.2) is 14.7 Å². The molecule has 0 radical (unpaired) electrons. The predicted octanol–water partition coefficient (Wildman–Crippen LogP) is 3.09. The molecule has 0 aromatic carbocycles. The summed E-state index contributed by atoms with van der Waals surface area (Å²) in [4.78, 5) is 5.45. The summed E-state index contributed by atoms with van der Waals surface area (Å²) in [6.45, 7) is 0.928. The van der Waals surface area contributed by atoms with Gasteiger partial charge >= 0.3 is 0 Å². The van der Waals surface area contributed by atoms with E-state index in [0.717, 1.165) is 40.1 Å². The fourth-order valence-corrected chi connectivity index (χ4v) is 3.16. The molecule has 5 heteroatoms. The minimum absolute atomic E-state index is 0.370. The lowest BCUT2D eigenvalue weighted by molar-refractivity contribution is 0.139. The standard InChI is InChI=1S/C11H11ClN2OS/c12-10-4-3-9(16-10)11-13-6-7-8(15)2-1-5-14(7)11/h3-4,6,8,15H,1-2,5H2. The Morgan fingerprint density at radius 2 is 2.38 bits per heavy atom. The van der Waals surface area contributed by atoms with Gasteiger partial charge in [0.1, 0.15) is 5.82 Å². The Kier molecular flexibility index (Phi) is 2.50. The van der Waals surface area contributed by atoms with E-state index in [1.54, 1.807) is 6.20 Å². The van der Waals surface area contributed by atoms with Crippen molar-refractivity contribution in [2.45, 2.75) is 25.5 Å². The zero-order chi connectivity index (χ0) is 11.1. The number of aliphatic hydroxyl groups is 1. The van der Waals surface area contributed by atoms with Crippen molar-refractivity contribution in [1.82, 2.24) is 9.55 Å². The summed E-state index contributed by atoms with van der Waals surface area (Å²) in [5.74, 6) is 0.922. The Bertz CT molecular complexity index is 520. The van der Waals surface area contributed by atoms with Gasteiger partial charge in [-0.05, 0) is 25.0 Å². The monoisotopic (exact) mass is 254 g/mol. The van der Waals surface area contributed by atoms with Gasteiger partial charge in [-0.15, -0.1) is 11.3 Å². The van der Waals surface area contributed by atoms with Gasteiger partial charge in [0, 0.05) is 6.54 Å².